The number of pyridine rings is 1. The maximum Gasteiger partial charge on any atom is 0.0900 e. The van der Waals surface area contributed by atoms with Gasteiger partial charge in [-0.1, -0.05) is 6.07 Å². The quantitative estimate of drug-likeness (QED) is 0.914. The Morgan fingerprint density at radius 1 is 1.17 bits per heavy atom. The van der Waals surface area contributed by atoms with Crippen LogP contribution in [0.5, 0.6) is 0 Å². The van der Waals surface area contributed by atoms with Gasteiger partial charge in [0, 0.05) is 23.2 Å². The van der Waals surface area contributed by atoms with Crippen LogP contribution in [0.2, 0.25) is 0 Å². The van der Waals surface area contributed by atoms with E-state index in [1.54, 1.807) is 11.3 Å². The lowest BCUT2D eigenvalue weighted by Crippen LogP contribution is -2.23. The molecule has 0 aliphatic heterocycles. The van der Waals surface area contributed by atoms with Crippen molar-refractivity contribution in [2.45, 2.75) is 39.8 Å². The molecule has 0 spiro atoms. The molecule has 96 valence electrons. The molecule has 0 amide bonds. The fourth-order valence-corrected chi connectivity index (χ4v) is 3.06. The van der Waals surface area contributed by atoms with Crippen LogP contribution in [0.25, 0.3) is 0 Å². The average Bonchev–Trinajstić information content (AvgIpc) is 2.69. The molecule has 0 bridgehead atoms. The number of aromatic nitrogens is 2. The molecule has 2 heterocycles. The number of aryl methyl sites for hydroxylation is 2. The van der Waals surface area contributed by atoms with E-state index < -0.39 is 0 Å². The summed E-state index contributed by atoms with van der Waals surface area (Å²) >= 11 is 1.77. The van der Waals surface area contributed by atoms with E-state index in [0.717, 1.165) is 16.4 Å². The van der Waals surface area contributed by atoms with Crippen LogP contribution in [0.4, 0.5) is 0 Å². The zero-order valence-corrected chi connectivity index (χ0v) is 12.1. The van der Waals surface area contributed by atoms with Gasteiger partial charge in [-0.3, -0.25) is 4.98 Å². The van der Waals surface area contributed by atoms with E-state index >= 15 is 0 Å². The van der Waals surface area contributed by atoms with Gasteiger partial charge in [-0.15, -0.1) is 11.3 Å². The fourth-order valence-electron chi connectivity index (χ4n) is 2.12. The summed E-state index contributed by atoms with van der Waals surface area (Å²) in [6.07, 6.45) is 1.83. The average molecular weight is 261 g/mol. The van der Waals surface area contributed by atoms with Gasteiger partial charge < -0.3 is 5.32 Å². The summed E-state index contributed by atoms with van der Waals surface area (Å²) in [5.74, 6) is 0. The summed E-state index contributed by atoms with van der Waals surface area (Å²) in [6.45, 7) is 8.44. The van der Waals surface area contributed by atoms with Crippen molar-refractivity contribution in [1.29, 1.82) is 0 Å². The fraction of sp³-hybridized carbons (Fsp3) is 0.429. The van der Waals surface area contributed by atoms with Gasteiger partial charge in [-0.05, 0) is 39.8 Å². The summed E-state index contributed by atoms with van der Waals surface area (Å²) in [5, 5.41) is 4.70. The molecule has 2 atom stereocenters. The molecule has 2 aromatic rings. The van der Waals surface area contributed by atoms with Crippen molar-refractivity contribution >= 4 is 11.3 Å². The molecular weight excluding hydrogens is 242 g/mol. The molecule has 0 aliphatic carbocycles. The Kier molecular flexibility index (Phi) is 4.09. The van der Waals surface area contributed by atoms with E-state index in [1.165, 1.54) is 4.88 Å². The predicted molar refractivity (Wildman–Crippen MR) is 75.8 cm³/mol. The zero-order valence-electron chi connectivity index (χ0n) is 11.3. The number of rotatable bonds is 4. The number of thiazole rings is 1. The smallest absolute Gasteiger partial charge is 0.0900 e. The third kappa shape index (κ3) is 2.94. The lowest BCUT2D eigenvalue weighted by atomic mass is 10.1. The summed E-state index contributed by atoms with van der Waals surface area (Å²) in [5.41, 5.74) is 2.20. The SMILES string of the molecule is Cc1nc(C)c(C(C)N[C@H](C)c2ccccn2)s1. The second kappa shape index (κ2) is 5.59. The maximum atomic E-state index is 4.48. The van der Waals surface area contributed by atoms with Gasteiger partial charge in [0.25, 0.3) is 0 Å². The monoisotopic (exact) mass is 261 g/mol. The number of hydrogen-bond acceptors (Lipinski definition) is 4. The normalized spacial score (nSPS) is 14.4. The molecule has 0 fully saturated rings. The first-order valence-corrected chi connectivity index (χ1v) is 7.00. The van der Waals surface area contributed by atoms with Crippen molar-refractivity contribution in [3.63, 3.8) is 0 Å². The molecule has 4 heteroatoms. The zero-order chi connectivity index (χ0) is 13.1. The second-order valence-corrected chi connectivity index (χ2v) is 5.78. The Morgan fingerprint density at radius 2 is 1.94 bits per heavy atom. The molecule has 2 rings (SSSR count). The van der Waals surface area contributed by atoms with Gasteiger partial charge in [0.2, 0.25) is 0 Å². The van der Waals surface area contributed by atoms with E-state index in [0.29, 0.717) is 6.04 Å². The van der Waals surface area contributed by atoms with Crippen molar-refractivity contribution in [3.8, 4) is 0 Å². The lowest BCUT2D eigenvalue weighted by Gasteiger charge is -2.19. The molecule has 0 saturated carbocycles. The Morgan fingerprint density at radius 3 is 2.50 bits per heavy atom. The standard InChI is InChI=1S/C14H19N3S/c1-9(13-7-5-6-8-15-13)16-10(2)14-11(3)17-12(4)18-14/h5-10,16H,1-4H3/t9-,10?/m1/s1. The molecule has 1 N–H and O–H groups in total. The van der Waals surface area contributed by atoms with Crippen LogP contribution in [0, 0.1) is 13.8 Å². The van der Waals surface area contributed by atoms with E-state index in [1.807, 2.05) is 18.3 Å². The topological polar surface area (TPSA) is 37.8 Å². The third-order valence-electron chi connectivity index (χ3n) is 2.96. The summed E-state index contributed by atoms with van der Waals surface area (Å²) in [6, 6.07) is 6.55. The number of nitrogens with one attached hydrogen (secondary N) is 1. The van der Waals surface area contributed by atoms with Gasteiger partial charge in [-0.2, -0.15) is 0 Å². The largest absolute Gasteiger partial charge is 0.301 e. The van der Waals surface area contributed by atoms with Crippen molar-refractivity contribution in [2.24, 2.45) is 0 Å². The minimum atomic E-state index is 0.239. The minimum Gasteiger partial charge on any atom is -0.301 e. The molecule has 3 nitrogen and oxygen atoms in total. The van der Waals surface area contributed by atoms with E-state index in [4.69, 9.17) is 0 Å². The van der Waals surface area contributed by atoms with E-state index in [-0.39, 0.29) is 6.04 Å². The van der Waals surface area contributed by atoms with Gasteiger partial charge in [0.1, 0.15) is 0 Å². The van der Waals surface area contributed by atoms with Crippen LogP contribution in [0.3, 0.4) is 0 Å². The van der Waals surface area contributed by atoms with Crippen molar-refractivity contribution in [1.82, 2.24) is 15.3 Å². The van der Waals surface area contributed by atoms with E-state index in [9.17, 15) is 0 Å². The first kappa shape index (κ1) is 13.2. The van der Waals surface area contributed by atoms with Crippen LogP contribution >= 0.6 is 11.3 Å². The van der Waals surface area contributed by atoms with E-state index in [2.05, 4.69) is 49.0 Å². The second-order valence-electron chi connectivity index (χ2n) is 4.55. The molecule has 1 unspecified atom stereocenters. The Balaban J connectivity index is 2.08. The molecule has 0 aromatic carbocycles. The van der Waals surface area contributed by atoms with Crippen LogP contribution in [-0.2, 0) is 0 Å². The van der Waals surface area contributed by atoms with Crippen LogP contribution in [-0.4, -0.2) is 9.97 Å². The molecule has 18 heavy (non-hydrogen) atoms. The van der Waals surface area contributed by atoms with Crippen LogP contribution < -0.4 is 5.32 Å². The summed E-state index contributed by atoms with van der Waals surface area (Å²) in [4.78, 5) is 10.2. The van der Waals surface area contributed by atoms with Gasteiger partial charge >= 0.3 is 0 Å². The van der Waals surface area contributed by atoms with Crippen LogP contribution in [0.1, 0.15) is 47.2 Å². The first-order valence-electron chi connectivity index (χ1n) is 6.19. The van der Waals surface area contributed by atoms with Crippen molar-refractivity contribution < 1.29 is 0 Å². The van der Waals surface area contributed by atoms with Gasteiger partial charge in [-0.25, -0.2) is 4.98 Å². The van der Waals surface area contributed by atoms with Crippen LogP contribution in [0.15, 0.2) is 24.4 Å². The summed E-state index contributed by atoms with van der Waals surface area (Å²) < 4.78 is 0. The first-order chi connectivity index (χ1) is 8.58. The highest BCUT2D eigenvalue weighted by molar-refractivity contribution is 7.11. The molecule has 0 aliphatic rings. The van der Waals surface area contributed by atoms with Crippen molar-refractivity contribution in [3.05, 3.63) is 45.7 Å². The Hall–Kier alpha value is -1.26. The minimum absolute atomic E-state index is 0.239. The highest BCUT2D eigenvalue weighted by Crippen LogP contribution is 2.26. The Labute approximate surface area is 112 Å². The molecule has 0 radical (unpaired) electrons. The van der Waals surface area contributed by atoms with Gasteiger partial charge in [0.05, 0.1) is 16.4 Å². The maximum absolute atomic E-state index is 4.48. The predicted octanol–water partition coefficient (Wildman–Crippen LogP) is 3.57. The number of hydrogen-bond donors (Lipinski definition) is 1. The lowest BCUT2D eigenvalue weighted by molar-refractivity contribution is 0.489. The third-order valence-corrected chi connectivity index (χ3v) is 4.22. The molecule has 2 aromatic heterocycles. The number of nitrogens with zero attached hydrogens (tertiary/aromatic N) is 2. The molecule has 0 saturated heterocycles. The van der Waals surface area contributed by atoms with Crippen molar-refractivity contribution in [2.75, 3.05) is 0 Å². The summed E-state index contributed by atoms with van der Waals surface area (Å²) in [7, 11) is 0. The Bertz CT molecular complexity index is 507. The highest BCUT2D eigenvalue weighted by atomic mass is 32.1. The highest BCUT2D eigenvalue weighted by Gasteiger charge is 2.16. The van der Waals surface area contributed by atoms with Gasteiger partial charge in [0.15, 0.2) is 0 Å². The molecular formula is C14H19N3S.